The molecule has 2 aromatic rings. The summed E-state index contributed by atoms with van der Waals surface area (Å²) in [6.07, 6.45) is 1.77. The van der Waals surface area contributed by atoms with Crippen LogP contribution in [0.1, 0.15) is 24.2 Å². The van der Waals surface area contributed by atoms with Gasteiger partial charge in [0.1, 0.15) is 0 Å². The van der Waals surface area contributed by atoms with Crippen molar-refractivity contribution in [2.24, 2.45) is 0 Å². The lowest BCUT2D eigenvalue weighted by atomic mass is 10.1. The minimum absolute atomic E-state index is 0. The normalized spacial score (nSPS) is 18.9. The van der Waals surface area contributed by atoms with Gasteiger partial charge >= 0.3 is 0 Å². The predicted octanol–water partition coefficient (Wildman–Crippen LogP) is 2.07. The van der Waals surface area contributed by atoms with Gasteiger partial charge in [-0.25, -0.2) is 0 Å². The molecule has 1 aromatic carbocycles. The molecule has 120 valence electrons. The molecular formula is C16H23ClN4O. The number of halogens is 1. The van der Waals surface area contributed by atoms with Crippen LogP contribution in [0.5, 0.6) is 0 Å². The standard InChI is InChI=1S/C16H22N4O.ClH/c1-13-11-17-9-10-20(13)12-16-18-15(19-21-16)8-7-14-5-3-2-4-6-14;/h2-6,13,17H,7-12H2,1H3;1H/t13-;/m0./s1. The number of aryl methyl sites for hydroxylation is 2. The number of benzene rings is 1. The first kappa shape index (κ1) is 16.9. The molecule has 1 aliphatic heterocycles. The van der Waals surface area contributed by atoms with E-state index in [1.54, 1.807) is 0 Å². The van der Waals surface area contributed by atoms with Crippen LogP contribution in [0.15, 0.2) is 34.9 Å². The second kappa shape index (κ2) is 8.27. The van der Waals surface area contributed by atoms with Gasteiger partial charge in [0.2, 0.25) is 5.89 Å². The fourth-order valence-corrected chi connectivity index (χ4v) is 2.65. The topological polar surface area (TPSA) is 54.2 Å². The lowest BCUT2D eigenvalue weighted by Gasteiger charge is -2.32. The van der Waals surface area contributed by atoms with E-state index in [2.05, 4.69) is 51.5 Å². The number of hydrogen-bond donors (Lipinski definition) is 1. The molecule has 3 rings (SSSR count). The maximum absolute atomic E-state index is 5.38. The zero-order valence-corrected chi connectivity index (χ0v) is 13.7. The van der Waals surface area contributed by atoms with E-state index < -0.39 is 0 Å². The van der Waals surface area contributed by atoms with Crippen molar-refractivity contribution in [1.29, 1.82) is 0 Å². The third-order valence-electron chi connectivity index (χ3n) is 3.97. The van der Waals surface area contributed by atoms with Crippen molar-refractivity contribution >= 4 is 12.4 Å². The van der Waals surface area contributed by atoms with Gasteiger partial charge < -0.3 is 9.84 Å². The van der Waals surface area contributed by atoms with E-state index in [4.69, 9.17) is 4.52 Å². The molecule has 0 bridgehead atoms. The molecule has 22 heavy (non-hydrogen) atoms. The molecule has 6 heteroatoms. The van der Waals surface area contributed by atoms with Gasteiger partial charge in [-0.15, -0.1) is 12.4 Å². The Kier molecular flexibility index (Phi) is 6.36. The minimum atomic E-state index is 0. The van der Waals surface area contributed by atoms with E-state index in [9.17, 15) is 0 Å². The summed E-state index contributed by atoms with van der Waals surface area (Å²) in [7, 11) is 0. The molecule has 0 amide bonds. The van der Waals surface area contributed by atoms with Gasteiger partial charge in [0.05, 0.1) is 6.54 Å². The highest BCUT2D eigenvalue weighted by atomic mass is 35.5. The van der Waals surface area contributed by atoms with Crippen LogP contribution >= 0.6 is 12.4 Å². The van der Waals surface area contributed by atoms with Gasteiger partial charge in [-0.2, -0.15) is 4.98 Å². The smallest absolute Gasteiger partial charge is 0.240 e. The van der Waals surface area contributed by atoms with Crippen LogP contribution in [0.2, 0.25) is 0 Å². The average molecular weight is 323 g/mol. The molecule has 5 nitrogen and oxygen atoms in total. The third kappa shape index (κ3) is 4.53. The maximum Gasteiger partial charge on any atom is 0.240 e. The van der Waals surface area contributed by atoms with Crippen LogP contribution in [0.25, 0.3) is 0 Å². The Morgan fingerprint density at radius 2 is 2.09 bits per heavy atom. The van der Waals surface area contributed by atoms with Gasteiger partial charge in [-0.05, 0) is 18.9 Å². The van der Waals surface area contributed by atoms with E-state index in [1.807, 2.05) is 6.07 Å². The molecule has 1 atom stereocenters. The first-order chi connectivity index (χ1) is 10.3. The zero-order chi connectivity index (χ0) is 14.5. The molecule has 0 saturated carbocycles. The van der Waals surface area contributed by atoms with Crippen molar-refractivity contribution in [1.82, 2.24) is 20.4 Å². The van der Waals surface area contributed by atoms with E-state index in [0.717, 1.165) is 50.7 Å². The first-order valence-corrected chi connectivity index (χ1v) is 7.61. The number of aromatic nitrogens is 2. The summed E-state index contributed by atoms with van der Waals surface area (Å²) in [6.45, 7) is 6.05. The largest absolute Gasteiger partial charge is 0.338 e. The predicted molar refractivity (Wildman–Crippen MR) is 88.1 cm³/mol. The Labute approximate surface area is 137 Å². The molecular weight excluding hydrogens is 300 g/mol. The van der Waals surface area contributed by atoms with Gasteiger partial charge in [-0.3, -0.25) is 4.90 Å². The third-order valence-corrected chi connectivity index (χ3v) is 3.97. The van der Waals surface area contributed by atoms with Crippen molar-refractivity contribution in [3.63, 3.8) is 0 Å². The summed E-state index contributed by atoms with van der Waals surface area (Å²) < 4.78 is 5.38. The van der Waals surface area contributed by atoms with Gasteiger partial charge in [0.15, 0.2) is 5.82 Å². The molecule has 1 N–H and O–H groups in total. The summed E-state index contributed by atoms with van der Waals surface area (Å²) in [4.78, 5) is 6.89. The Bertz CT molecular complexity index is 560. The van der Waals surface area contributed by atoms with Crippen molar-refractivity contribution in [2.45, 2.75) is 32.4 Å². The number of piperazine rings is 1. The minimum Gasteiger partial charge on any atom is -0.338 e. The molecule has 0 spiro atoms. The summed E-state index contributed by atoms with van der Waals surface area (Å²) in [5, 5.41) is 7.48. The number of nitrogens with one attached hydrogen (secondary N) is 1. The maximum atomic E-state index is 5.38. The Hall–Kier alpha value is -1.43. The van der Waals surface area contributed by atoms with Crippen LogP contribution in [0.4, 0.5) is 0 Å². The number of nitrogens with zero attached hydrogens (tertiary/aromatic N) is 3. The summed E-state index contributed by atoms with van der Waals surface area (Å²) in [5.41, 5.74) is 1.31. The fraction of sp³-hybridized carbons (Fsp3) is 0.500. The summed E-state index contributed by atoms with van der Waals surface area (Å²) in [5.74, 6) is 1.53. The molecule has 0 aliphatic carbocycles. The van der Waals surface area contributed by atoms with E-state index >= 15 is 0 Å². The van der Waals surface area contributed by atoms with Crippen LogP contribution in [-0.2, 0) is 19.4 Å². The molecule has 2 heterocycles. The van der Waals surface area contributed by atoms with Crippen LogP contribution in [0, 0.1) is 0 Å². The Morgan fingerprint density at radius 3 is 2.86 bits per heavy atom. The first-order valence-electron chi connectivity index (χ1n) is 7.61. The van der Waals surface area contributed by atoms with Gasteiger partial charge in [0.25, 0.3) is 0 Å². The Balaban J connectivity index is 0.00000176. The fourth-order valence-electron chi connectivity index (χ4n) is 2.65. The lowest BCUT2D eigenvalue weighted by Crippen LogP contribution is -2.49. The van der Waals surface area contributed by atoms with Crippen molar-refractivity contribution in [2.75, 3.05) is 19.6 Å². The highest BCUT2D eigenvalue weighted by Gasteiger charge is 2.20. The quantitative estimate of drug-likeness (QED) is 0.913. The van der Waals surface area contributed by atoms with Gasteiger partial charge in [0, 0.05) is 32.1 Å². The number of hydrogen-bond acceptors (Lipinski definition) is 5. The van der Waals surface area contributed by atoms with E-state index in [-0.39, 0.29) is 12.4 Å². The van der Waals surface area contributed by atoms with Crippen molar-refractivity contribution in [3.05, 3.63) is 47.6 Å². The molecule has 1 saturated heterocycles. The lowest BCUT2D eigenvalue weighted by molar-refractivity contribution is 0.146. The van der Waals surface area contributed by atoms with Gasteiger partial charge in [-0.1, -0.05) is 35.5 Å². The summed E-state index contributed by atoms with van der Waals surface area (Å²) in [6, 6.07) is 10.9. The monoisotopic (exact) mass is 322 g/mol. The second-order valence-corrected chi connectivity index (χ2v) is 5.61. The average Bonchev–Trinajstić information content (AvgIpc) is 2.96. The summed E-state index contributed by atoms with van der Waals surface area (Å²) >= 11 is 0. The molecule has 1 aliphatic rings. The van der Waals surface area contributed by atoms with Crippen molar-refractivity contribution < 1.29 is 4.52 Å². The van der Waals surface area contributed by atoms with E-state index in [0.29, 0.717) is 6.04 Å². The van der Waals surface area contributed by atoms with Crippen molar-refractivity contribution in [3.8, 4) is 0 Å². The zero-order valence-electron chi connectivity index (χ0n) is 12.9. The highest BCUT2D eigenvalue weighted by Crippen LogP contribution is 2.10. The molecule has 0 unspecified atom stereocenters. The second-order valence-electron chi connectivity index (χ2n) is 5.61. The molecule has 1 fully saturated rings. The molecule has 1 aromatic heterocycles. The SMILES string of the molecule is C[C@H]1CNCCN1Cc1nc(CCc2ccccc2)no1.Cl. The van der Waals surface area contributed by atoms with E-state index in [1.165, 1.54) is 5.56 Å². The van der Waals surface area contributed by atoms with Crippen LogP contribution in [0.3, 0.4) is 0 Å². The Morgan fingerprint density at radius 1 is 1.27 bits per heavy atom. The number of rotatable bonds is 5. The molecule has 0 radical (unpaired) electrons. The highest BCUT2D eigenvalue weighted by molar-refractivity contribution is 5.85. The van der Waals surface area contributed by atoms with Crippen LogP contribution in [-0.4, -0.2) is 40.7 Å². The van der Waals surface area contributed by atoms with Crippen LogP contribution < -0.4 is 5.32 Å².